The Morgan fingerprint density at radius 1 is 1.00 bits per heavy atom. The van der Waals surface area contributed by atoms with Gasteiger partial charge >= 0.3 is 0 Å². The quantitative estimate of drug-likeness (QED) is 0.236. The van der Waals surface area contributed by atoms with Crippen LogP contribution >= 0.6 is 15.9 Å². The number of para-hydroxylation sites is 2. The van der Waals surface area contributed by atoms with E-state index in [0.29, 0.717) is 43.9 Å². The lowest BCUT2D eigenvalue weighted by atomic mass is 10.2. The van der Waals surface area contributed by atoms with E-state index < -0.39 is 0 Å². The fourth-order valence-corrected chi connectivity index (χ4v) is 4.51. The third-order valence-electron chi connectivity index (χ3n) is 5.76. The minimum Gasteiger partial charge on any atom is -0.493 e. The van der Waals surface area contributed by atoms with Gasteiger partial charge in [-0.05, 0) is 57.9 Å². The maximum absolute atomic E-state index is 13.4. The smallest absolute Gasteiger partial charge is 0.282 e. The number of aromatic nitrogens is 2. The molecule has 0 saturated heterocycles. The Balaban J connectivity index is 1.44. The monoisotopic (exact) mass is 582 g/mol. The molecule has 1 N–H and O–H groups in total. The maximum atomic E-state index is 13.4. The third-order valence-corrected chi connectivity index (χ3v) is 6.35. The zero-order valence-corrected chi connectivity index (χ0v) is 22.5. The van der Waals surface area contributed by atoms with Gasteiger partial charge in [0.1, 0.15) is 0 Å². The number of fused-ring (bicyclic) bond motifs is 1. The summed E-state index contributed by atoms with van der Waals surface area (Å²) in [5, 5.41) is 7.74. The summed E-state index contributed by atoms with van der Waals surface area (Å²) in [6, 6.07) is 29.2. The van der Waals surface area contributed by atoms with Crippen molar-refractivity contribution in [3.63, 3.8) is 0 Å². The van der Waals surface area contributed by atoms with E-state index in [1.165, 1.54) is 11.8 Å². The minimum atomic E-state index is -0.308. The molecule has 1 amide bonds. The Hall–Kier alpha value is -4.76. The zero-order valence-electron chi connectivity index (χ0n) is 20.9. The molecule has 5 rings (SSSR count). The van der Waals surface area contributed by atoms with E-state index in [1.54, 1.807) is 48.7 Å². The van der Waals surface area contributed by atoms with Gasteiger partial charge in [-0.15, -0.1) is 0 Å². The van der Waals surface area contributed by atoms with E-state index in [1.807, 2.05) is 54.6 Å². The average Bonchev–Trinajstić information content (AvgIpc) is 2.96. The zero-order chi connectivity index (χ0) is 27.2. The Labute approximate surface area is 232 Å². The van der Waals surface area contributed by atoms with Crippen molar-refractivity contribution in [2.24, 2.45) is 5.10 Å². The molecule has 0 radical (unpaired) electrons. The van der Waals surface area contributed by atoms with E-state index in [9.17, 15) is 9.59 Å². The second-order valence-corrected chi connectivity index (χ2v) is 9.27. The number of hydrogen-bond acceptors (Lipinski definition) is 6. The molecule has 9 heteroatoms. The number of hydrogen-bond donors (Lipinski definition) is 1. The molecule has 0 aliphatic heterocycles. The van der Waals surface area contributed by atoms with Gasteiger partial charge in [-0.3, -0.25) is 9.59 Å². The number of ether oxygens (including phenoxy) is 2. The van der Waals surface area contributed by atoms with E-state index in [-0.39, 0.29) is 18.1 Å². The molecule has 4 aromatic carbocycles. The molecule has 8 nitrogen and oxygen atoms in total. The van der Waals surface area contributed by atoms with Gasteiger partial charge in [0, 0.05) is 11.3 Å². The summed E-state index contributed by atoms with van der Waals surface area (Å²) in [6.07, 6.45) is 1.55. The molecular formula is C30H23BrN4O4. The summed E-state index contributed by atoms with van der Waals surface area (Å²) in [5.41, 5.74) is 2.38. The molecule has 194 valence electrons. The standard InChI is InChI=1S/C30H23BrN4O4/c1-38-26-17-20(16-24(31)28(26)39-19-27(36)33-22-12-6-3-7-13-22)18-32-35-29(21-10-4-2-5-11-21)34-25-15-9-8-14-23(25)30(35)37/h2-18H,19H2,1H3,(H,33,36). The topological polar surface area (TPSA) is 94.8 Å². The van der Waals surface area contributed by atoms with Crippen molar-refractivity contribution in [2.45, 2.75) is 0 Å². The first-order chi connectivity index (χ1) is 19.0. The van der Waals surface area contributed by atoms with Gasteiger partial charge in [0.2, 0.25) is 0 Å². The highest BCUT2D eigenvalue weighted by Crippen LogP contribution is 2.36. The lowest BCUT2D eigenvalue weighted by molar-refractivity contribution is -0.118. The second kappa shape index (κ2) is 11.7. The van der Waals surface area contributed by atoms with Crippen LogP contribution in [0.1, 0.15) is 5.56 Å². The first-order valence-corrected chi connectivity index (χ1v) is 12.8. The number of carbonyl (C=O) groups is 1. The molecule has 0 atom stereocenters. The fourth-order valence-electron chi connectivity index (χ4n) is 3.94. The lowest BCUT2D eigenvalue weighted by Crippen LogP contribution is -2.20. The number of nitrogens with zero attached hydrogens (tertiary/aromatic N) is 3. The molecule has 1 aromatic heterocycles. The van der Waals surface area contributed by atoms with Crippen LogP contribution in [0.15, 0.2) is 111 Å². The van der Waals surface area contributed by atoms with Crippen molar-refractivity contribution in [1.29, 1.82) is 0 Å². The number of anilines is 1. The Morgan fingerprint density at radius 3 is 2.44 bits per heavy atom. The summed E-state index contributed by atoms with van der Waals surface area (Å²) in [4.78, 5) is 30.4. The Morgan fingerprint density at radius 2 is 1.69 bits per heavy atom. The average molecular weight is 583 g/mol. The predicted molar refractivity (Wildman–Crippen MR) is 156 cm³/mol. The first-order valence-electron chi connectivity index (χ1n) is 12.0. The van der Waals surface area contributed by atoms with Crippen LogP contribution < -0.4 is 20.3 Å². The highest BCUT2D eigenvalue weighted by Gasteiger charge is 2.15. The number of rotatable bonds is 8. The van der Waals surface area contributed by atoms with Crippen molar-refractivity contribution < 1.29 is 14.3 Å². The number of halogens is 1. The summed E-state index contributed by atoms with van der Waals surface area (Å²) in [6.45, 7) is -0.212. The normalized spacial score (nSPS) is 11.0. The van der Waals surface area contributed by atoms with Crippen LogP contribution in [0.5, 0.6) is 11.5 Å². The van der Waals surface area contributed by atoms with Crippen LogP contribution in [0.4, 0.5) is 5.69 Å². The largest absolute Gasteiger partial charge is 0.493 e. The number of nitrogens with one attached hydrogen (secondary N) is 1. The first kappa shape index (κ1) is 25.9. The van der Waals surface area contributed by atoms with Crippen LogP contribution in [0.3, 0.4) is 0 Å². The van der Waals surface area contributed by atoms with E-state index >= 15 is 0 Å². The van der Waals surface area contributed by atoms with Gasteiger partial charge in [-0.2, -0.15) is 9.78 Å². The number of benzene rings is 4. The van der Waals surface area contributed by atoms with Crippen molar-refractivity contribution in [2.75, 3.05) is 19.0 Å². The molecule has 1 heterocycles. The fraction of sp³-hybridized carbons (Fsp3) is 0.0667. The lowest BCUT2D eigenvalue weighted by Gasteiger charge is -2.14. The van der Waals surface area contributed by atoms with E-state index in [0.717, 1.165) is 5.56 Å². The van der Waals surface area contributed by atoms with Crippen LogP contribution in [-0.2, 0) is 4.79 Å². The molecule has 0 aliphatic carbocycles. The van der Waals surface area contributed by atoms with Gasteiger partial charge in [-0.1, -0.05) is 60.7 Å². The SMILES string of the molecule is COc1cc(C=Nn2c(-c3ccccc3)nc3ccccc3c2=O)cc(Br)c1OCC(=O)Nc1ccccc1. The molecule has 5 aromatic rings. The number of amides is 1. The molecule has 0 spiro atoms. The summed E-state index contributed by atoms with van der Waals surface area (Å²) >= 11 is 3.50. The van der Waals surface area contributed by atoms with Crippen molar-refractivity contribution in [1.82, 2.24) is 9.66 Å². The number of carbonyl (C=O) groups excluding carboxylic acids is 1. The molecular weight excluding hydrogens is 560 g/mol. The molecule has 39 heavy (non-hydrogen) atoms. The van der Waals surface area contributed by atoms with Gasteiger partial charge in [0.05, 0.1) is 28.7 Å². The summed E-state index contributed by atoms with van der Waals surface area (Å²) in [5.74, 6) is 0.876. The van der Waals surface area contributed by atoms with Gasteiger partial charge in [-0.25, -0.2) is 4.98 Å². The van der Waals surface area contributed by atoms with Crippen molar-refractivity contribution in [3.05, 3.63) is 117 Å². The molecule has 0 unspecified atom stereocenters. The van der Waals surface area contributed by atoms with Crippen LogP contribution in [0, 0.1) is 0 Å². The van der Waals surface area contributed by atoms with Crippen LogP contribution in [0.25, 0.3) is 22.3 Å². The predicted octanol–water partition coefficient (Wildman–Crippen LogP) is 5.73. The molecule has 0 bridgehead atoms. The Bertz CT molecular complexity index is 1720. The van der Waals surface area contributed by atoms with Crippen LogP contribution in [-0.4, -0.2) is 35.5 Å². The van der Waals surface area contributed by atoms with Crippen molar-refractivity contribution >= 4 is 44.6 Å². The van der Waals surface area contributed by atoms with Gasteiger partial charge in [0.25, 0.3) is 11.5 Å². The molecule has 0 fully saturated rings. The summed E-state index contributed by atoms with van der Waals surface area (Å²) in [7, 11) is 1.50. The molecule has 0 aliphatic rings. The van der Waals surface area contributed by atoms with E-state index in [2.05, 4.69) is 26.3 Å². The molecule has 0 saturated carbocycles. The number of methoxy groups -OCH3 is 1. The van der Waals surface area contributed by atoms with E-state index in [4.69, 9.17) is 14.5 Å². The maximum Gasteiger partial charge on any atom is 0.282 e. The second-order valence-electron chi connectivity index (χ2n) is 8.42. The van der Waals surface area contributed by atoms with Crippen molar-refractivity contribution in [3.8, 4) is 22.9 Å². The van der Waals surface area contributed by atoms with Gasteiger partial charge < -0.3 is 14.8 Å². The highest BCUT2D eigenvalue weighted by molar-refractivity contribution is 9.10. The summed E-state index contributed by atoms with van der Waals surface area (Å²) < 4.78 is 13.1. The van der Waals surface area contributed by atoms with Crippen LogP contribution in [0.2, 0.25) is 0 Å². The minimum absolute atomic E-state index is 0.212. The third kappa shape index (κ3) is 5.89. The van der Waals surface area contributed by atoms with Gasteiger partial charge in [0.15, 0.2) is 23.9 Å². The highest BCUT2D eigenvalue weighted by atomic mass is 79.9. The Kier molecular flexibility index (Phi) is 7.79.